The molecule has 0 fully saturated rings. The summed E-state index contributed by atoms with van der Waals surface area (Å²) in [5.41, 5.74) is 6.09. The number of nitrogen functional groups attached to an aromatic ring is 1. The highest BCUT2D eigenvalue weighted by atomic mass is 19.1. The van der Waals surface area contributed by atoms with Crippen LogP contribution >= 0.6 is 0 Å². The summed E-state index contributed by atoms with van der Waals surface area (Å²) >= 11 is 0. The number of rotatable bonds is 4. The topological polar surface area (TPSA) is 55.1 Å². The van der Waals surface area contributed by atoms with Crippen LogP contribution in [-0.2, 0) is 0 Å². The molecule has 1 amide bonds. The van der Waals surface area contributed by atoms with Crippen molar-refractivity contribution in [2.24, 2.45) is 5.92 Å². The molecule has 1 aromatic carbocycles. The Balaban J connectivity index is 2.76. The zero-order valence-electron chi connectivity index (χ0n) is 10.5. The van der Waals surface area contributed by atoms with Gasteiger partial charge in [-0.3, -0.25) is 4.79 Å². The molecule has 0 saturated carbocycles. The third-order valence-corrected chi connectivity index (χ3v) is 3.11. The van der Waals surface area contributed by atoms with Gasteiger partial charge < -0.3 is 11.1 Å². The number of anilines is 1. The van der Waals surface area contributed by atoms with Gasteiger partial charge in [0.05, 0.1) is 5.56 Å². The van der Waals surface area contributed by atoms with Crippen molar-refractivity contribution in [3.8, 4) is 0 Å². The average molecular weight is 238 g/mol. The lowest BCUT2D eigenvalue weighted by molar-refractivity contribution is 0.0929. The molecule has 3 N–H and O–H groups in total. The third kappa shape index (κ3) is 3.44. The minimum absolute atomic E-state index is 0.0666. The van der Waals surface area contributed by atoms with Crippen molar-refractivity contribution in [2.75, 3.05) is 5.73 Å². The first-order valence-corrected chi connectivity index (χ1v) is 5.81. The second-order valence-corrected chi connectivity index (χ2v) is 4.38. The van der Waals surface area contributed by atoms with Gasteiger partial charge in [-0.15, -0.1) is 0 Å². The number of hydrogen-bond acceptors (Lipinski definition) is 2. The van der Waals surface area contributed by atoms with E-state index in [1.165, 1.54) is 12.1 Å². The zero-order chi connectivity index (χ0) is 13.0. The van der Waals surface area contributed by atoms with Crippen LogP contribution in [0.2, 0.25) is 0 Å². The molecular formula is C13H19FN2O. The second kappa shape index (κ2) is 5.66. The summed E-state index contributed by atoms with van der Waals surface area (Å²) in [6.45, 7) is 6.09. The molecule has 1 rings (SSSR count). The van der Waals surface area contributed by atoms with Crippen LogP contribution < -0.4 is 11.1 Å². The molecule has 4 heteroatoms. The molecule has 17 heavy (non-hydrogen) atoms. The van der Waals surface area contributed by atoms with Gasteiger partial charge in [0.2, 0.25) is 0 Å². The monoisotopic (exact) mass is 238 g/mol. The Morgan fingerprint density at radius 3 is 2.65 bits per heavy atom. The van der Waals surface area contributed by atoms with Gasteiger partial charge >= 0.3 is 0 Å². The molecule has 2 atom stereocenters. The molecule has 3 nitrogen and oxygen atoms in total. The van der Waals surface area contributed by atoms with Crippen LogP contribution in [0.4, 0.5) is 10.1 Å². The fourth-order valence-electron chi connectivity index (χ4n) is 1.52. The van der Waals surface area contributed by atoms with Crippen LogP contribution in [0.3, 0.4) is 0 Å². The Bertz CT molecular complexity index is 406. The van der Waals surface area contributed by atoms with Gasteiger partial charge in [-0.25, -0.2) is 4.39 Å². The SMILES string of the molecule is CCC(C)C(C)NC(=O)c1ccc(F)cc1N. The highest BCUT2D eigenvalue weighted by Gasteiger charge is 2.16. The van der Waals surface area contributed by atoms with E-state index in [1.807, 2.05) is 6.92 Å². The van der Waals surface area contributed by atoms with E-state index in [1.54, 1.807) is 0 Å². The summed E-state index contributed by atoms with van der Waals surface area (Å²) in [6, 6.07) is 3.86. The average Bonchev–Trinajstić information content (AvgIpc) is 2.27. The lowest BCUT2D eigenvalue weighted by Gasteiger charge is -2.20. The van der Waals surface area contributed by atoms with Gasteiger partial charge in [-0.2, -0.15) is 0 Å². The first-order valence-electron chi connectivity index (χ1n) is 5.81. The number of nitrogens with two attached hydrogens (primary N) is 1. The quantitative estimate of drug-likeness (QED) is 0.792. The number of hydrogen-bond donors (Lipinski definition) is 2. The summed E-state index contributed by atoms with van der Waals surface area (Å²) in [5.74, 6) is -0.301. The molecule has 0 saturated heterocycles. The number of halogens is 1. The number of nitrogens with one attached hydrogen (secondary N) is 1. The van der Waals surface area contributed by atoms with Gasteiger partial charge in [0, 0.05) is 11.7 Å². The summed E-state index contributed by atoms with van der Waals surface area (Å²) in [4.78, 5) is 11.9. The van der Waals surface area contributed by atoms with Gasteiger partial charge in [0.25, 0.3) is 5.91 Å². The van der Waals surface area contributed by atoms with Crippen LogP contribution in [0.5, 0.6) is 0 Å². The van der Waals surface area contributed by atoms with Crippen molar-refractivity contribution < 1.29 is 9.18 Å². The van der Waals surface area contributed by atoms with E-state index in [4.69, 9.17) is 5.73 Å². The predicted molar refractivity (Wildman–Crippen MR) is 67.2 cm³/mol. The van der Waals surface area contributed by atoms with E-state index in [0.29, 0.717) is 11.5 Å². The molecule has 0 heterocycles. The van der Waals surface area contributed by atoms with E-state index < -0.39 is 5.82 Å². The fourth-order valence-corrected chi connectivity index (χ4v) is 1.52. The minimum atomic E-state index is -0.436. The molecule has 0 aliphatic rings. The van der Waals surface area contributed by atoms with E-state index >= 15 is 0 Å². The second-order valence-electron chi connectivity index (χ2n) is 4.38. The summed E-state index contributed by atoms with van der Waals surface area (Å²) in [5, 5.41) is 2.87. The van der Waals surface area contributed by atoms with Crippen molar-refractivity contribution in [3.05, 3.63) is 29.6 Å². The van der Waals surface area contributed by atoms with E-state index in [0.717, 1.165) is 12.5 Å². The molecule has 1 aromatic rings. The lowest BCUT2D eigenvalue weighted by atomic mass is 10.0. The first kappa shape index (κ1) is 13.5. The number of benzene rings is 1. The van der Waals surface area contributed by atoms with Crippen molar-refractivity contribution >= 4 is 11.6 Å². The van der Waals surface area contributed by atoms with Crippen molar-refractivity contribution in [3.63, 3.8) is 0 Å². The van der Waals surface area contributed by atoms with Gasteiger partial charge in [0.15, 0.2) is 0 Å². The normalized spacial score (nSPS) is 14.1. The van der Waals surface area contributed by atoms with Gasteiger partial charge in [-0.1, -0.05) is 20.3 Å². The molecule has 0 aromatic heterocycles. The Morgan fingerprint density at radius 1 is 1.47 bits per heavy atom. The zero-order valence-corrected chi connectivity index (χ0v) is 10.5. The maximum absolute atomic E-state index is 12.8. The van der Waals surface area contributed by atoms with Crippen LogP contribution in [-0.4, -0.2) is 11.9 Å². The molecule has 0 aliphatic carbocycles. The maximum Gasteiger partial charge on any atom is 0.253 e. The number of carbonyl (C=O) groups is 1. The molecule has 0 bridgehead atoms. The highest BCUT2D eigenvalue weighted by Crippen LogP contribution is 2.14. The molecule has 94 valence electrons. The smallest absolute Gasteiger partial charge is 0.253 e. The Hall–Kier alpha value is -1.58. The van der Waals surface area contributed by atoms with Crippen molar-refractivity contribution in [1.29, 1.82) is 0 Å². The molecule has 0 aliphatic heterocycles. The van der Waals surface area contributed by atoms with E-state index in [-0.39, 0.29) is 17.6 Å². The predicted octanol–water partition coefficient (Wildman–Crippen LogP) is 2.57. The third-order valence-electron chi connectivity index (χ3n) is 3.11. The van der Waals surface area contributed by atoms with Crippen LogP contribution in [0, 0.1) is 11.7 Å². The first-order chi connectivity index (χ1) is 7.95. The summed E-state index contributed by atoms with van der Waals surface area (Å²) < 4.78 is 12.8. The lowest BCUT2D eigenvalue weighted by Crippen LogP contribution is -2.37. The Kier molecular flexibility index (Phi) is 4.49. The van der Waals surface area contributed by atoms with Crippen LogP contribution in [0.1, 0.15) is 37.6 Å². The Morgan fingerprint density at radius 2 is 2.12 bits per heavy atom. The molecular weight excluding hydrogens is 219 g/mol. The molecule has 2 unspecified atom stereocenters. The maximum atomic E-state index is 12.8. The highest BCUT2D eigenvalue weighted by molar-refractivity contribution is 5.99. The van der Waals surface area contributed by atoms with Crippen LogP contribution in [0.15, 0.2) is 18.2 Å². The molecule has 0 radical (unpaired) electrons. The largest absolute Gasteiger partial charge is 0.398 e. The van der Waals surface area contributed by atoms with Gasteiger partial charge in [0.1, 0.15) is 5.82 Å². The summed E-state index contributed by atoms with van der Waals surface area (Å²) in [6.07, 6.45) is 0.986. The standard InChI is InChI=1S/C13H19FN2O/c1-4-8(2)9(3)16-13(17)11-6-5-10(14)7-12(11)15/h5-9H,4,15H2,1-3H3,(H,16,17). The van der Waals surface area contributed by atoms with Crippen LogP contribution in [0.25, 0.3) is 0 Å². The Labute approximate surface area is 101 Å². The van der Waals surface area contributed by atoms with Crippen molar-refractivity contribution in [2.45, 2.75) is 33.2 Å². The van der Waals surface area contributed by atoms with E-state index in [9.17, 15) is 9.18 Å². The van der Waals surface area contributed by atoms with E-state index in [2.05, 4.69) is 19.2 Å². The minimum Gasteiger partial charge on any atom is -0.398 e. The van der Waals surface area contributed by atoms with Crippen molar-refractivity contribution in [1.82, 2.24) is 5.32 Å². The number of carbonyl (C=O) groups excluding carboxylic acids is 1. The fraction of sp³-hybridized carbons (Fsp3) is 0.462. The summed E-state index contributed by atoms with van der Waals surface area (Å²) in [7, 11) is 0. The molecule has 0 spiro atoms. The number of amides is 1. The van der Waals surface area contributed by atoms with Gasteiger partial charge in [-0.05, 0) is 31.0 Å².